The van der Waals surface area contributed by atoms with E-state index in [1.54, 1.807) is 19.2 Å². The van der Waals surface area contributed by atoms with Gasteiger partial charge in [0.25, 0.3) is 0 Å². The number of fused-ring (bicyclic) bond motifs is 1. The second-order valence-electron chi connectivity index (χ2n) is 4.64. The number of hydrogen-bond donors (Lipinski definition) is 0. The topological polar surface area (TPSA) is 44.8 Å². The summed E-state index contributed by atoms with van der Waals surface area (Å²) in [5, 5.41) is 0. The highest BCUT2D eigenvalue weighted by atomic mass is 16.5. The molecule has 4 heteroatoms. The first kappa shape index (κ1) is 11.8. The molecule has 0 amide bonds. The van der Waals surface area contributed by atoms with Crippen molar-refractivity contribution >= 4 is 5.78 Å². The minimum Gasteiger partial charge on any atom is -0.493 e. The molecule has 1 aromatic rings. The molecule has 1 aromatic carbocycles. The molecule has 2 rings (SSSR count). The molecule has 1 aliphatic heterocycles. The van der Waals surface area contributed by atoms with Gasteiger partial charge in [-0.1, -0.05) is 0 Å². The number of methoxy groups -OCH3 is 2. The van der Waals surface area contributed by atoms with Gasteiger partial charge < -0.3 is 14.2 Å². The number of ether oxygens (including phenoxy) is 3. The number of Topliss-reactive ketones (excluding diaryl/α,β-unsaturated/α-hetero) is 1. The Kier molecular flexibility index (Phi) is 2.73. The molecule has 0 atom stereocenters. The van der Waals surface area contributed by atoms with Crippen molar-refractivity contribution in [3.63, 3.8) is 0 Å². The van der Waals surface area contributed by atoms with E-state index in [0.717, 1.165) is 0 Å². The Bertz CT molecular complexity index is 463. The van der Waals surface area contributed by atoms with Crippen LogP contribution in [0.15, 0.2) is 12.1 Å². The van der Waals surface area contributed by atoms with Crippen LogP contribution in [0.3, 0.4) is 0 Å². The van der Waals surface area contributed by atoms with Gasteiger partial charge in [-0.3, -0.25) is 4.79 Å². The van der Waals surface area contributed by atoms with E-state index >= 15 is 0 Å². The second-order valence-corrected chi connectivity index (χ2v) is 4.64. The summed E-state index contributed by atoms with van der Waals surface area (Å²) in [6.45, 7) is 3.76. The molecular formula is C13H16O4. The summed E-state index contributed by atoms with van der Waals surface area (Å²) in [5.74, 6) is 1.59. The number of carbonyl (C=O) groups is 1. The number of carbonyl (C=O) groups excluding carboxylic acids is 1. The van der Waals surface area contributed by atoms with Crippen molar-refractivity contribution < 1.29 is 19.0 Å². The molecule has 1 heterocycles. The molecule has 4 nitrogen and oxygen atoms in total. The van der Waals surface area contributed by atoms with Gasteiger partial charge in [-0.2, -0.15) is 0 Å². The van der Waals surface area contributed by atoms with Gasteiger partial charge in [-0.05, 0) is 26.0 Å². The van der Waals surface area contributed by atoms with E-state index in [-0.39, 0.29) is 5.78 Å². The van der Waals surface area contributed by atoms with Gasteiger partial charge in [-0.25, -0.2) is 0 Å². The van der Waals surface area contributed by atoms with Crippen LogP contribution in [0.1, 0.15) is 30.6 Å². The third kappa shape index (κ3) is 1.95. The van der Waals surface area contributed by atoms with Crippen LogP contribution in [0.25, 0.3) is 0 Å². The molecule has 92 valence electrons. The lowest BCUT2D eigenvalue weighted by molar-refractivity contribution is 0.0598. The average Bonchev–Trinajstić information content (AvgIpc) is 2.25. The standard InChI is InChI=1S/C13H16O4/c1-13(2)7-9(14)8-5-6-10(15-3)12(16-4)11(8)17-13/h5-6H,7H2,1-4H3. The summed E-state index contributed by atoms with van der Waals surface area (Å²) in [7, 11) is 3.09. The maximum Gasteiger partial charge on any atom is 0.204 e. The van der Waals surface area contributed by atoms with Crippen molar-refractivity contribution in [1.82, 2.24) is 0 Å². The average molecular weight is 236 g/mol. The van der Waals surface area contributed by atoms with E-state index in [1.807, 2.05) is 13.8 Å². The summed E-state index contributed by atoms with van der Waals surface area (Å²) in [6, 6.07) is 3.44. The van der Waals surface area contributed by atoms with Crippen LogP contribution in [0.4, 0.5) is 0 Å². The molecule has 0 saturated heterocycles. The molecule has 0 aromatic heterocycles. The summed E-state index contributed by atoms with van der Waals surface area (Å²) >= 11 is 0. The van der Waals surface area contributed by atoms with Crippen molar-refractivity contribution in [1.29, 1.82) is 0 Å². The van der Waals surface area contributed by atoms with Crippen molar-refractivity contribution in [2.24, 2.45) is 0 Å². The Morgan fingerprint density at radius 3 is 2.53 bits per heavy atom. The fourth-order valence-corrected chi connectivity index (χ4v) is 2.01. The zero-order valence-electron chi connectivity index (χ0n) is 10.5. The Morgan fingerprint density at radius 1 is 1.24 bits per heavy atom. The van der Waals surface area contributed by atoms with Crippen molar-refractivity contribution in [2.75, 3.05) is 14.2 Å². The van der Waals surface area contributed by atoms with Crippen LogP contribution >= 0.6 is 0 Å². The summed E-state index contributed by atoms with van der Waals surface area (Å²) in [6.07, 6.45) is 0.371. The molecule has 0 spiro atoms. The van der Waals surface area contributed by atoms with E-state index in [9.17, 15) is 4.79 Å². The number of ketones is 1. The predicted octanol–water partition coefficient (Wildman–Crippen LogP) is 2.45. The first-order valence-electron chi connectivity index (χ1n) is 5.45. The van der Waals surface area contributed by atoms with Crippen molar-refractivity contribution in [2.45, 2.75) is 25.9 Å². The molecule has 17 heavy (non-hydrogen) atoms. The summed E-state index contributed by atoms with van der Waals surface area (Å²) in [4.78, 5) is 12.0. The highest BCUT2D eigenvalue weighted by Crippen LogP contribution is 2.45. The lowest BCUT2D eigenvalue weighted by Gasteiger charge is -2.32. The number of hydrogen-bond acceptors (Lipinski definition) is 4. The molecule has 0 N–H and O–H groups in total. The van der Waals surface area contributed by atoms with Crippen LogP contribution < -0.4 is 14.2 Å². The monoisotopic (exact) mass is 236 g/mol. The highest BCUT2D eigenvalue weighted by Gasteiger charge is 2.35. The van der Waals surface area contributed by atoms with E-state index in [1.165, 1.54) is 7.11 Å². The third-order valence-electron chi connectivity index (χ3n) is 2.77. The van der Waals surface area contributed by atoms with Gasteiger partial charge in [-0.15, -0.1) is 0 Å². The first-order valence-corrected chi connectivity index (χ1v) is 5.45. The quantitative estimate of drug-likeness (QED) is 0.791. The molecule has 1 aliphatic rings. The van der Waals surface area contributed by atoms with Gasteiger partial charge in [0.1, 0.15) is 5.60 Å². The van der Waals surface area contributed by atoms with Gasteiger partial charge in [0.2, 0.25) is 5.75 Å². The van der Waals surface area contributed by atoms with Crippen LogP contribution in [-0.4, -0.2) is 25.6 Å². The van der Waals surface area contributed by atoms with E-state index < -0.39 is 5.60 Å². The first-order chi connectivity index (χ1) is 7.98. The Labute approximate surface area is 100 Å². The van der Waals surface area contributed by atoms with E-state index in [0.29, 0.717) is 29.2 Å². The largest absolute Gasteiger partial charge is 0.493 e. The SMILES string of the molecule is COc1ccc2c(c1OC)OC(C)(C)CC2=O. The second kappa shape index (κ2) is 3.95. The fraction of sp³-hybridized carbons (Fsp3) is 0.462. The van der Waals surface area contributed by atoms with E-state index in [4.69, 9.17) is 14.2 Å². The zero-order chi connectivity index (χ0) is 12.6. The van der Waals surface area contributed by atoms with Gasteiger partial charge in [0.05, 0.1) is 26.2 Å². The Balaban J connectivity index is 2.61. The van der Waals surface area contributed by atoms with Crippen LogP contribution in [0.5, 0.6) is 17.2 Å². The van der Waals surface area contributed by atoms with Crippen LogP contribution in [0, 0.1) is 0 Å². The highest BCUT2D eigenvalue weighted by molar-refractivity contribution is 6.01. The maximum atomic E-state index is 12.0. The Hall–Kier alpha value is -1.71. The summed E-state index contributed by atoms with van der Waals surface area (Å²) in [5.41, 5.74) is 0.0472. The minimum atomic E-state index is -0.510. The van der Waals surface area contributed by atoms with Crippen LogP contribution in [-0.2, 0) is 0 Å². The van der Waals surface area contributed by atoms with Gasteiger partial charge in [0, 0.05) is 0 Å². The lowest BCUT2D eigenvalue weighted by Crippen LogP contribution is -2.36. The van der Waals surface area contributed by atoms with Crippen molar-refractivity contribution in [3.05, 3.63) is 17.7 Å². The van der Waals surface area contributed by atoms with Gasteiger partial charge in [0.15, 0.2) is 17.3 Å². The van der Waals surface area contributed by atoms with E-state index in [2.05, 4.69) is 0 Å². The third-order valence-corrected chi connectivity index (χ3v) is 2.77. The zero-order valence-corrected chi connectivity index (χ0v) is 10.5. The minimum absolute atomic E-state index is 0.0669. The fourth-order valence-electron chi connectivity index (χ4n) is 2.01. The summed E-state index contributed by atoms with van der Waals surface area (Å²) < 4.78 is 16.3. The maximum absolute atomic E-state index is 12.0. The van der Waals surface area contributed by atoms with Gasteiger partial charge >= 0.3 is 0 Å². The molecular weight excluding hydrogens is 220 g/mol. The number of benzene rings is 1. The predicted molar refractivity (Wildman–Crippen MR) is 63.2 cm³/mol. The molecule has 0 aliphatic carbocycles. The molecule has 0 bridgehead atoms. The van der Waals surface area contributed by atoms with Crippen LogP contribution in [0.2, 0.25) is 0 Å². The normalized spacial score (nSPS) is 17.1. The number of rotatable bonds is 2. The molecule has 0 unspecified atom stereocenters. The van der Waals surface area contributed by atoms with Crippen molar-refractivity contribution in [3.8, 4) is 17.2 Å². The molecule has 0 fully saturated rings. The molecule has 0 radical (unpaired) electrons. The molecule has 0 saturated carbocycles. The Morgan fingerprint density at radius 2 is 1.94 bits per heavy atom. The smallest absolute Gasteiger partial charge is 0.204 e. The lowest BCUT2D eigenvalue weighted by atomic mass is 9.93.